The van der Waals surface area contributed by atoms with Crippen molar-refractivity contribution in [1.82, 2.24) is 14.5 Å². The molecule has 0 spiro atoms. The number of phenolic OH excluding ortho intramolecular Hbond substituents is 1. The van der Waals surface area contributed by atoms with E-state index in [1.807, 2.05) is 38.1 Å². The van der Waals surface area contributed by atoms with Gasteiger partial charge in [0.2, 0.25) is 10.0 Å². The highest BCUT2D eigenvalue weighted by atomic mass is 32.2. The summed E-state index contributed by atoms with van der Waals surface area (Å²) in [5, 5.41) is 13.6. The van der Waals surface area contributed by atoms with Crippen LogP contribution < -0.4 is 5.32 Å². The lowest BCUT2D eigenvalue weighted by Crippen LogP contribution is -2.55. The summed E-state index contributed by atoms with van der Waals surface area (Å²) in [5.74, 6) is 0.231. The normalized spacial score (nSPS) is 21.6. The van der Waals surface area contributed by atoms with Gasteiger partial charge in [-0.05, 0) is 49.2 Å². The first-order valence-electron chi connectivity index (χ1n) is 10.7. The van der Waals surface area contributed by atoms with Crippen molar-refractivity contribution in [2.24, 2.45) is 0 Å². The van der Waals surface area contributed by atoms with Gasteiger partial charge in [-0.15, -0.1) is 0 Å². The summed E-state index contributed by atoms with van der Waals surface area (Å²) in [6.45, 7) is 10.7. The lowest BCUT2D eigenvalue weighted by atomic mass is 9.94. The number of hydrogen-bond acceptors (Lipinski definition) is 5. The van der Waals surface area contributed by atoms with Crippen LogP contribution in [0.15, 0.2) is 53.4 Å². The van der Waals surface area contributed by atoms with Crippen LogP contribution in [-0.4, -0.2) is 61.0 Å². The molecule has 1 heterocycles. The van der Waals surface area contributed by atoms with Gasteiger partial charge in [0.25, 0.3) is 0 Å². The van der Waals surface area contributed by atoms with Crippen molar-refractivity contribution in [3.05, 3.63) is 59.7 Å². The van der Waals surface area contributed by atoms with Gasteiger partial charge >= 0.3 is 0 Å². The van der Waals surface area contributed by atoms with Gasteiger partial charge in [-0.3, -0.25) is 4.90 Å². The molecule has 0 aliphatic carbocycles. The highest BCUT2D eigenvalue weighted by Gasteiger charge is 2.31. The SMILES string of the molecule is CCN(CC)S(=O)(=O)c1ccc(C(c2cccc(O)c2)N2CC(C)NCC2C)cc1. The summed E-state index contributed by atoms with van der Waals surface area (Å²) < 4.78 is 27.2. The van der Waals surface area contributed by atoms with Crippen LogP contribution in [0.1, 0.15) is 44.9 Å². The first kappa shape index (κ1) is 22.7. The fraction of sp³-hybridized carbons (Fsp3) is 0.478. The second-order valence-electron chi connectivity index (χ2n) is 8.01. The van der Waals surface area contributed by atoms with Gasteiger partial charge in [0.15, 0.2) is 0 Å². The van der Waals surface area contributed by atoms with Gasteiger partial charge in [-0.25, -0.2) is 8.42 Å². The number of piperazine rings is 1. The summed E-state index contributed by atoms with van der Waals surface area (Å²) >= 11 is 0. The Bertz CT molecular complexity index is 942. The molecule has 2 aromatic rings. The Morgan fingerprint density at radius 2 is 1.77 bits per heavy atom. The molecule has 0 aromatic heterocycles. The molecular formula is C23H33N3O3S. The average molecular weight is 432 g/mol. The Morgan fingerprint density at radius 3 is 2.37 bits per heavy atom. The molecule has 0 amide bonds. The highest BCUT2D eigenvalue weighted by molar-refractivity contribution is 7.89. The van der Waals surface area contributed by atoms with E-state index in [9.17, 15) is 13.5 Å². The molecule has 3 unspecified atom stereocenters. The van der Waals surface area contributed by atoms with E-state index in [2.05, 4.69) is 24.1 Å². The molecule has 3 atom stereocenters. The Hall–Kier alpha value is -1.93. The molecule has 1 fully saturated rings. The maximum Gasteiger partial charge on any atom is 0.243 e. The monoisotopic (exact) mass is 431 g/mol. The van der Waals surface area contributed by atoms with E-state index < -0.39 is 10.0 Å². The Labute approximate surface area is 180 Å². The van der Waals surface area contributed by atoms with Crippen LogP contribution in [-0.2, 0) is 10.0 Å². The average Bonchev–Trinajstić information content (AvgIpc) is 2.72. The zero-order valence-electron chi connectivity index (χ0n) is 18.2. The summed E-state index contributed by atoms with van der Waals surface area (Å²) in [6.07, 6.45) is 0. The van der Waals surface area contributed by atoms with Gasteiger partial charge in [0.1, 0.15) is 5.75 Å². The Balaban J connectivity index is 2.02. The van der Waals surface area contributed by atoms with Gasteiger partial charge < -0.3 is 10.4 Å². The molecule has 164 valence electrons. The van der Waals surface area contributed by atoms with E-state index >= 15 is 0 Å². The van der Waals surface area contributed by atoms with Crippen molar-refractivity contribution < 1.29 is 13.5 Å². The molecule has 2 N–H and O–H groups in total. The van der Waals surface area contributed by atoms with E-state index in [-0.39, 0.29) is 11.8 Å². The van der Waals surface area contributed by atoms with E-state index in [1.54, 1.807) is 24.3 Å². The van der Waals surface area contributed by atoms with Crippen LogP contribution in [0.4, 0.5) is 0 Å². The first-order chi connectivity index (χ1) is 14.3. The topological polar surface area (TPSA) is 72.9 Å². The number of benzene rings is 2. The van der Waals surface area contributed by atoms with Crippen LogP contribution in [0.2, 0.25) is 0 Å². The van der Waals surface area contributed by atoms with E-state index in [0.717, 1.165) is 24.2 Å². The minimum absolute atomic E-state index is 0.0677. The highest BCUT2D eigenvalue weighted by Crippen LogP contribution is 2.34. The smallest absolute Gasteiger partial charge is 0.243 e. The van der Waals surface area contributed by atoms with Crippen molar-refractivity contribution in [3.63, 3.8) is 0 Å². The summed E-state index contributed by atoms with van der Waals surface area (Å²) in [6, 6.07) is 15.1. The lowest BCUT2D eigenvalue weighted by Gasteiger charge is -2.43. The third-order valence-electron chi connectivity index (χ3n) is 5.87. The van der Waals surface area contributed by atoms with Crippen molar-refractivity contribution in [2.45, 2.75) is 50.7 Å². The number of rotatable bonds is 7. The van der Waals surface area contributed by atoms with Crippen LogP contribution >= 0.6 is 0 Å². The van der Waals surface area contributed by atoms with Gasteiger partial charge in [-0.2, -0.15) is 4.31 Å². The quantitative estimate of drug-likeness (QED) is 0.704. The van der Waals surface area contributed by atoms with Crippen LogP contribution in [0, 0.1) is 0 Å². The molecule has 7 heteroatoms. The number of phenols is 1. The first-order valence-corrected chi connectivity index (χ1v) is 12.1. The molecule has 1 aliphatic rings. The predicted octanol–water partition coefficient (Wildman–Crippen LogP) is 3.19. The van der Waals surface area contributed by atoms with E-state index in [4.69, 9.17) is 0 Å². The predicted molar refractivity (Wildman–Crippen MR) is 120 cm³/mol. The summed E-state index contributed by atoms with van der Waals surface area (Å²) in [4.78, 5) is 2.73. The van der Waals surface area contributed by atoms with Crippen molar-refractivity contribution in [1.29, 1.82) is 0 Å². The molecule has 1 aliphatic heterocycles. The lowest BCUT2D eigenvalue weighted by molar-refractivity contribution is 0.113. The van der Waals surface area contributed by atoms with Gasteiger partial charge in [0, 0.05) is 38.3 Å². The molecule has 3 rings (SSSR count). The fourth-order valence-electron chi connectivity index (χ4n) is 4.21. The number of nitrogens with zero attached hydrogens (tertiary/aromatic N) is 2. The molecule has 6 nitrogen and oxygen atoms in total. The maximum absolute atomic E-state index is 12.9. The summed E-state index contributed by atoms with van der Waals surface area (Å²) in [7, 11) is -3.49. The molecule has 1 saturated heterocycles. The molecule has 30 heavy (non-hydrogen) atoms. The molecular weight excluding hydrogens is 398 g/mol. The van der Waals surface area contributed by atoms with Gasteiger partial charge in [-0.1, -0.05) is 38.1 Å². The van der Waals surface area contributed by atoms with Crippen molar-refractivity contribution in [2.75, 3.05) is 26.2 Å². The fourth-order valence-corrected chi connectivity index (χ4v) is 5.67. The maximum atomic E-state index is 12.9. The van der Waals surface area contributed by atoms with Crippen LogP contribution in [0.5, 0.6) is 5.75 Å². The third kappa shape index (κ3) is 4.70. The van der Waals surface area contributed by atoms with E-state index in [1.165, 1.54) is 4.31 Å². The summed E-state index contributed by atoms with van der Waals surface area (Å²) in [5.41, 5.74) is 2.01. The standard InChI is InChI=1S/C23H33N3O3S/c1-5-25(6-2)30(28,29)22-12-10-19(11-13-22)23(20-8-7-9-21(27)14-20)26-16-17(3)24-15-18(26)4/h7-14,17-18,23-24,27H,5-6,15-16H2,1-4H3. The largest absolute Gasteiger partial charge is 0.508 e. The third-order valence-corrected chi connectivity index (χ3v) is 7.93. The van der Waals surface area contributed by atoms with Crippen LogP contribution in [0.25, 0.3) is 0 Å². The molecule has 0 bridgehead atoms. The Kier molecular flexibility index (Phi) is 7.18. The van der Waals surface area contributed by atoms with Gasteiger partial charge in [0.05, 0.1) is 10.9 Å². The second kappa shape index (κ2) is 9.47. The number of hydrogen-bond donors (Lipinski definition) is 2. The number of aromatic hydroxyl groups is 1. The Morgan fingerprint density at radius 1 is 1.10 bits per heavy atom. The van der Waals surface area contributed by atoms with Crippen molar-refractivity contribution in [3.8, 4) is 5.75 Å². The second-order valence-corrected chi connectivity index (χ2v) is 9.95. The molecule has 0 saturated carbocycles. The molecule has 2 aromatic carbocycles. The number of nitrogens with one attached hydrogen (secondary N) is 1. The molecule has 0 radical (unpaired) electrons. The minimum atomic E-state index is -3.49. The van der Waals surface area contributed by atoms with Crippen LogP contribution in [0.3, 0.4) is 0 Å². The zero-order chi connectivity index (χ0) is 21.9. The zero-order valence-corrected chi connectivity index (χ0v) is 19.1. The number of sulfonamides is 1. The minimum Gasteiger partial charge on any atom is -0.508 e. The van der Waals surface area contributed by atoms with Crippen molar-refractivity contribution >= 4 is 10.0 Å². The van der Waals surface area contributed by atoms with E-state index in [0.29, 0.717) is 30.1 Å².